The number of piperidine rings is 1. The first-order chi connectivity index (χ1) is 16.8. The number of hydrogen-bond acceptors (Lipinski definition) is 6. The molecule has 2 fully saturated rings. The highest BCUT2D eigenvalue weighted by Gasteiger charge is 2.45. The van der Waals surface area contributed by atoms with E-state index in [0.29, 0.717) is 18.9 Å². The summed E-state index contributed by atoms with van der Waals surface area (Å²) in [6.45, 7) is 4.91. The molecule has 0 spiro atoms. The lowest BCUT2D eigenvalue weighted by atomic mass is 9.76. The number of amides is 1. The number of esters is 1. The molecule has 0 bridgehead atoms. The Hall–Kier alpha value is -1.38. The van der Waals surface area contributed by atoms with Crippen molar-refractivity contribution in [2.45, 2.75) is 74.4 Å². The second kappa shape index (κ2) is 13.8. The summed E-state index contributed by atoms with van der Waals surface area (Å²) in [5, 5.41) is 12.7. The number of aliphatic hydroxyl groups is 1. The van der Waals surface area contributed by atoms with E-state index in [0.717, 1.165) is 50.9 Å². The second-order valence-corrected chi connectivity index (χ2v) is 10.8. The van der Waals surface area contributed by atoms with Crippen LogP contribution >= 0.6 is 23.2 Å². The van der Waals surface area contributed by atoms with Crippen molar-refractivity contribution in [2.24, 2.45) is 17.6 Å². The van der Waals surface area contributed by atoms with Gasteiger partial charge in [-0.3, -0.25) is 4.79 Å². The molecule has 6 atom stereocenters. The molecule has 9 heteroatoms. The maximum atomic E-state index is 13.1. The van der Waals surface area contributed by atoms with Gasteiger partial charge in [-0.05, 0) is 70.1 Å². The fourth-order valence-corrected chi connectivity index (χ4v) is 6.15. The number of aliphatic hydroxyl groups excluding tert-OH is 1. The first kappa shape index (κ1) is 28.2. The number of carbonyl (C=O) groups is 2. The van der Waals surface area contributed by atoms with Crippen molar-refractivity contribution in [3.8, 4) is 0 Å². The Morgan fingerprint density at radius 3 is 2.57 bits per heavy atom. The van der Waals surface area contributed by atoms with Gasteiger partial charge >= 0.3 is 5.97 Å². The van der Waals surface area contributed by atoms with Gasteiger partial charge in [0.25, 0.3) is 0 Å². The van der Waals surface area contributed by atoms with Crippen LogP contribution in [0.2, 0.25) is 0 Å². The summed E-state index contributed by atoms with van der Waals surface area (Å²) < 4.78 is 5.17. The SMILES string of the molecule is CCOC(=O)[C@H](Cc1ccccc1)NC(=O)C1CC(Cl)C(CCCN2CCC(N)CC2)C(Cl)C1O. The standard InChI is InChI=1S/C26H39Cl2N3O4/c1-2-35-26(34)22(15-17-7-4-3-5-8-17)30-25(33)20-16-21(27)19(23(28)24(20)32)9-6-12-31-13-10-18(29)11-14-31/h3-5,7-8,18-24,32H,2,6,9-16,29H2,1H3,(H,30,33)/t19?,20?,21?,22-,23?,24?/m0/s1. The van der Waals surface area contributed by atoms with Crippen molar-refractivity contribution in [3.05, 3.63) is 35.9 Å². The average Bonchev–Trinajstić information content (AvgIpc) is 2.85. The molecule has 35 heavy (non-hydrogen) atoms. The van der Waals surface area contributed by atoms with E-state index in [1.54, 1.807) is 6.92 Å². The molecule has 196 valence electrons. The molecule has 1 amide bonds. The van der Waals surface area contributed by atoms with E-state index < -0.39 is 35.3 Å². The number of nitrogens with one attached hydrogen (secondary N) is 1. The molecule has 7 nitrogen and oxygen atoms in total. The van der Waals surface area contributed by atoms with Crippen LogP contribution in [0, 0.1) is 11.8 Å². The number of benzene rings is 1. The number of nitrogens with zero attached hydrogens (tertiary/aromatic N) is 1. The first-order valence-corrected chi connectivity index (χ1v) is 13.6. The maximum absolute atomic E-state index is 13.1. The Labute approximate surface area is 218 Å². The van der Waals surface area contributed by atoms with Crippen LogP contribution in [0.1, 0.15) is 44.6 Å². The molecule has 1 aliphatic carbocycles. The smallest absolute Gasteiger partial charge is 0.328 e. The van der Waals surface area contributed by atoms with Crippen LogP contribution < -0.4 is 11.1 Å². The molecule has 0 aromatic heterocycles. The summed E-state index contributed by atoms with van der Waals surface area (Å²) in [5.74, 6) is -1.80. The highest BCUT2D eigenvalue weighted by Crippen LogP contribution is 2.39. The zero-order valence-corrected chi connectivity index (χ0v) is 22.0. The van der Waals surface area contributed by atoms with Crippen molar-refractivity contribution < 1.29 is 19.4 Å². The topological polar surface area (TPSA) is 105 Å². The highest BCUT2D eigenvalue weighted by atomic mass is 35.5. The van der Waals surface area contributed by atoms with Crippen LogP contribution in [-0.4, -0.2) is 77.1 Å². The Morgan fingerprint density at radius 1 is 1.23 bits per heavy atom. The quantitative estimate of drug-likeness (QED) is 0.319. The summed E-state index contributed by atoms with van der Waals surface area (Å²) >= 11 is 13.4. The van der Waals surface area contributed by atoms with Crippen LogP contribution in [0.4, 0.5) is 0 Å². The molecule has 0 radical (unpaired) electrons. The number of hydrogen-bond donors (Lipinski definition) is 3. The minimum absolute atomic E-state index is 0.0883. The molecular weight excluding hydrogens is 489 g/mol. The Bertz CT molecular complexity index is 807. The van der Waals surface area contributed by atoms with E-state index in [1.807, 2.05) is 30.3 Å². The molecule has 5 unspecified atom stereocenters. The summed E-state index contributed by atoms with van der Waals surface area (Å²) in [6.07, 6.45) is 3.32. The minimum Gasteiger partial charge on any atom is -0.464 e. The maximum Gasteiger partial charge on any atom is 0.328 e. The van der Waals surface area contributed by atoms with Gasteiger partial charge in [0.15, 0.2) is 0 Å². The minimum atomic E-state index is -1.04. The van der Waals surface area contributed by atoms with Gasteiger partial charge in [-0.15, -0.1) is 23.2 Å². The molecule has 4 N–H and O–H groups in total. The number of alkyl halides is 2. The van der Waals surface area contributed by atoms with E-state index in [2.05, 4.69) is 10.2 Å². The Morgan fingerprint density at radius 2 is 1.91 bits per heavy atom. The molecule has 1 aliphatic heterocycles. The number of nitrogens with two attached hydrogens (primary N) is 1. The zero-order chi connectivity index (χ0) is 25.4. The predicted molar refractivity (Wildman–Crippen MR) is 138 cm³/mol. The van der Waals surface area contributed by atoms with Gasteiger partial charge in [-0.2, -0.15) is 0 Å². The third-order valence-corrected chi connectivity index (χ3v) is 8.33. The lowest BCUT2D eigenvalue weighted by Gasteiger charge is -2.40. The number of halogens is 2. The largest absolute Gasteiger partial charge is 0.464 e. The van der Waals surface area contributed by atoms with E-state index in [-0.39, 0.29) is 17.9 Å². The van der Waals surface area contributed by atoms with Crippen LogP contribution in [0.25, 0.3) is 0 Å². The normalized spacial score (nSPS) is 28.9. The van der Waals surface area contributed by atoms with Gasteiger partial charge in [0, 0.05) is 17.8 Å². The fraction of sp³-hybridized carbons (Fsp3) is 0.692. The third kappa shape index (κ3) is 8.05. The van der Waals surface area contributed by atoms with Crippen LogP contribution in [0.15, 0.2) is 30.3 Å². The zero-order valence-electron chi connectivity index (χ0n) is 20.5. The molecule has 1 aromatic rings. The van der Waals surface area contributed by atoms with Crippen LogP contribution in [0.5, 0.6) is 0 Å². The Balaban J connectivity index is 1.55. The lowest BCUT2D eigenvalue weighted by Crippen LogP contribution is -2.54. The number of ether oxygens (including phenoxy) is 1. The molecule has 3 rings (SSSR count). The molecule has 1 aromatic carbocycles. The number of likely N-dealkylation sites (tertiary alicyclic amines) is 1. The Kier molecular flexibility index (Phi) is 11.1. The summed E-state index contributed by atoms with van der Waals surface area (Å²) in [5.41, 5.74) is 6.88. The average molecular weight is 529 g/mol. The summed E-state index contributed by atoms with van der Waals surface area (Å²) in [7, 11) is 0. The van der Waals surface area contributed by atoms with E-state index in [1.165, 1.54) is 0 Å². The van der Waals surface area contributed by atoms with Crippen molar-refractivity contribution in [1.29, 1.82) is 0 Å². The molecule has 2 aliphatic rings. The number of carbonyl (C=O) groups excluding carboxylic acids is 2. The van der Waals surface area contributed by atoms with Gasteiger partial charge in [-0.1, -0.05) is 30.3 Å². The van der Waals surface area contributed by atoms with E-state index in [4.69, 9.17) is 33.7 Å². The number of rotatable bonds is 10. The van der Waals surface area contributed by atoms with Gasteiger partial charge in [-0.25, -0.2) is 4.79 Å². The van der Waals surface area contributed by atoms with E-state index >= 15 is 0 Å². The molecule has 1 heterocycles. The second-order valence-electron chi connectivity index (χ2n) is 9.78. The van der Waals surface area contributed by atoms with Gasteiger partial charge in [0.05, 0.1) is 24.0 Å². The van der Waals surface area contributed by atoms with Crippen molar-refractivity contribution in [2.75, 3.05) is 26.2 Å². The summed E-state index contributed by atoms with van der Waals surface area (Å²) in [6, 6.07) is 8.87. The first-order valence-electron chi connectivity index (χ1n) is 12.7. The van der Waals surface area contributed by atoms with Gasteiger partial charge in [0.1, 0.15) is 6.04 Å². The monoisotopic (exact) mass is 527 g/mol. The van der Waals surface area contributed by atoms with Crippen LogP contribution in [0.3, 0.4) is 0 Å². The third-order valence-electron chi connectivity index (χ3n) is 7.24. The van der Waals surface area contributed by atoms with Crippen molar-refractivity contribution in [3.63, 3.8) is 0 Å². The van der Waals surface area contributed by atoms with Crippen molar-refractivity contribution in [1.82, 2.24) is 10.2 Å². The lowest BCUT2D eigenvalue weighted by molar-refractivity contribution is -0.148. The van der Waals surface area contributed by atoms with Crippen LogP contribution in [-0.2, 0) is 20.7 Å². The highest BCUT2D eigenvalue weighted by molar-refractivity contribution is 6.24. The predicted octanol–water partition coefficient (Wildman–Crippen LogP) is 2.69. The fourth-order valence-electron chi connectivity index (χ4n) is 5.13. The van der Waals surface area contributed by atoms with E-state index in [9.17, 15) is 14.7 Å². The van der Waals surface area contributed by atoms with Crippen molar-refractivity contribution >= 4 is 35.1 Å². The van der Waals surface area contributed by atoms with Gasteiger partial charge in [0.2, 0.25) is 5.91 Å². The molecule has 1 saturated carbocycles. The molecular formula is C26H39Cl2N3O4. The summed E-state index contributed by atoms with van der Waals surface area (Å²) in [4.78, 5) is 28.1. The van der Waals surface area contributed by atoms with Gasteiger partial charge < -0.3 is 25.8 Å². The molecule has 1 saturated heterocycles.